The topological polar surface area (TPSA) is 71.0 Å². The van der Waals surface area contributed by atoms with Crippen molar-refractivity contribution in [3.63, 3.8) is 0 Å². The number of aromatic nitrogens is 3. The zero-order chi connectivity index (χ0) is 18.8. The molecule has 0 unspecified atom stereocenters. The molecule has 0 aromatic carbocycles. The molecule has 1 aliphatic rings. The Balaban J connectivity index is 1.38. The van der Waals surface area contributed by atoms with Gasteiger partial charge < -0.3 is 4.90 Å². The zero-order valence-corrected chi connectivity index (χ0v) is 16.4. The molecule has 0 aliphatic carbocycles. The molecule has 140 valence electrons. The van der Waals surface area contributed by atoms with Crippen LogP contribution in [0.2, 0.25) is 0 Å². The van der Waals surface area contributed by atoms with Crippen LogP contribution in [0.15, 0.2) is 30.5 Å². The SMILES string of the molecule is CCc1nc(NC(=O)N2CCC(c3ccc4cccnc4n3)CC2)sc1C. The molecule has 2 amide bonds. The standard InChI is InChI=1S/C20H23N5OS/c1-3-16-13(2)27-19(23-16)24-20(26)25-11-8-14(9-12-25)17-7-6-15-5-4-10-21-18(15)22-17/h4-7,10,14H,3,8-9,11-12H2,1-2H3,(H,23,24,26). The number of hydrogen-bond donors (Lipinski definition) is 1. The van der Waals surface area contributed by atoms with Crippen LogP contribution in [0.5, 0.6) is 0 Å². The minimum atomic E-state index is -0.0574. The Morgan fingerprint density at radius 3 is 2.81 bits per heavy atom. The smallest absolute Gasteiger partial charge is 0.323 e. The lowest BCUT2D eigenvalue weighted by Crippen LogP contribution is -2.40. The van der Waals surface area contributed by atoms with E-state index in [1.165, 1.54) is 4.88 Å². The Labute approximate surface area is 162 Å². The molecule has 1 N–H and O–H groups in total. The first-order valence-corrected chi connectivity index (χ1v) is 10.2. The van der Waals surface area contributed by atoms with Crippen molar-refractivity contribution in [2.75, 3.05) is 18.4 Å². The van der Waals surface area contributed by atoms with E-state index in [2.05, 4.69) is 34.3 Å². The molecule has 3 aromatic rings. The summed E-state index contributed by atoms with van der Waals surface area (Å²) >= 11 is 1.54. The van der Waals surface area contributed by atoms with Crippen molar-refractivity contribution < 1.29 is 4.79 Å². The molecule has 0 radical (unpaired) electrons. The summed E-state index contributed by atoms with van der Waals surface area (Å²) in [4.78, 5) is 29.2. The summed E-state index contributed by atoms with van der Waals surface area (Å²) in [5.41, 5.74) is 2.93. The highest BCUT2D eigenvalue weighted by atomic mass is 32.1. The van der Waals surface area contributed by atoms with E-state index in [1.807, 2.05) is 24.0 Å². The van der Waals surface area contributed by atoms with E-state index in [0.29, 0.717) is 11.0 Å². The number of fused-ring (bicyclic) bond motifs is 1. The number of nitrogens with one attached hydrogen (secondary N) is 1. The molecule has 1 fully saturated rings. The van der Waals surface area contributed by atoms with Gasteiger partial charge in [0.05, 0.1) is 5.69 Å². The average Bonchev–Trinajstić information content (AvgIpc) is 3.06. The number of rotatable bonds is 3. The third kappa shape index (κ3) is 3.78. The maximum atomic E-state index is 12.6. The van der Waals surface area contributed by atoms with E-state index in [-0.39, 0.29) is 6.03 Å². The van der Waals surface area contributed by atoms with Crippen molar-refractivity contribution >= 4 is 33.5 Å². The number of likely N-dealkylation sites (tertiary alicyclic amines) is 1. The van der Waals surface area contributed by atoms with Gasteiger partial charge in [-0.05, 0) is 50.5 Å². The van der Waals surface area contributed by atoms with Crippen molar-refractivity contribution in [1.82, 2.24) is 19.9 Å². The Morgan fingerprint density at radius 1 is 1.26 bits per heavy atom. The summed E-state index contributed by atoms with van der Waals surface area (Å²) in [6.07, 6.45) is 4.49. The van der Waals surface area contributed by atoms with Gasteiger partial charge in [0.25, 0.3) is 0 Å². The largest absolute Gasteiger partial charge is 0.324 e. The fourth-order valence-corrected chi connectivity index (χ4v) is 4.45. The lowest BCUT2D eigenvalue weighted by atomic mass is 9.93. The van der Waals surface area contributed by atoms with Crippen molar-refractivity contribution in [2.45, 2.75) is 39.0 Å². The summed E-state index contributed by atoms with van der Waals surface area (Å²) in [7, 11) is 0. The Bertz CT molecular complexity index is 962. The number of carbonyl (C=O) groups is 1. The molecule has 0 bridgehead atoms. The molecule has 0 atom stereocenters. The van der Waals surface area contributed by atoms with Gasteiger partial charge in [0, 0.05) is 41.2 Å². The second-order valence-corrected chi connectivity index (χ2v) is 8.06. The number of piperidine rings is 1. The predicted octanol–water partition coefficient (Wildman–Crippen LogP) is 4.37. The fraction of sp³-hybridized carbons (Fsp3) is 0.400. The van der Waals surface area contributed by atoms with E-state index in [0.717, 1.165) is 54.8 Å². The molecule has 1 saturated heterocycles. The monoisotopic (exact) mass is 381 g/mol. The summed E-state index contributed by atoms with van der Waals surface area (Å²) in [5, 5.41) is 4.71. The summed E-state index contributed by atoms with van der Waals surface area (Å²) < 4.78 is 0. The number of aryl methyl sites for hydroxylation is 2. The highest BCUT2D eigenvalue weighted by Crippen LogP contribution is 2.28. The summed E-state index contributed by atoms with van der Waals surface area (Å²) in [6, 6.07) is 8.07. The van der Waals surface area contributed by atoms with Crippen molar-refractivity contribution in [1.29, 1.82) is 0 Å². The van der Waals surface area contributed by atoms with E-state index in [9.17, 15) is 4.79 Å². The molecule has 0 saturated carbocycles. The van der Waals surface area contributed by atoms with Crippen LogP contribution in [-0.2, 0) is 6.42 Å². The number of carbonyl (C=O) groups excluding carboxylic acids is 1. The second-order valence-electron chi connectivity index (χ2n) is 6.85. The summed E-state index contributed by atoms with van der Waals surface area (Å²) in [6.45, 7) is 5.57. The maximum absolute atomic E-state index is 12.6. The molecule has 27 heavy (non-hydrogen) atoms. The Kier molecular flexibility index (Phi) is 5.03. The first kappa shape index (κ1) is 17.9. The molecule has 1 aliphatic heterocycles. The molecular formula is C20H23N5OS. The lowest BCUT2D eigenvalue weighted by molar-refractivity contribution is 0.194. The number of anilines is 1. The van der Waals surface area contributed by atoms with Crippen LogP contribution in [0.3, 0.4) is 0 Å². The van der Waals surface area contributed by atoms with Gasteiger partial charge in [-0.3, -0.25) is 5.32 Å². The van der Waals surface area contributed by atoms with Gasteiger partial charge in [-0.1, -0.05) is 6.92 Å². The van der Waals surface area contributed by atoms with E-state index in [4.69, 9.17) is 4.98 Å². The quantitative estimate of drug-likeness (QED) is 0.731. The number of hydrogen-bond acceptors (Lipinski definition) is 5. The van der Waals surface area contributed by atoms with Crippen LogP contribution in [0, 0.1) is 6.92 Å². The number of pyridine rings is 2. The number of thiazole rings is 1. The molecule has 0 spiro atoms. The molecule has 6 nitrogen and oxygen atoms in total. The van der Waals surface area contributed by atoms with Gasteiger partial charge in [0.1, 0.15) is 0 Å². The molecule has 4 rings (SSSR count). The molecule has 4 heterocycles. The first-order chi connectivity index (χ1) is 13.1. The van der Waals surface area contributed by atoms with Gasteiger partial charge in [-0.2, -0.15) is 0 Å². The minimum Gasteiger partial charge on any atom is -0.324 e. The van der Waals surface area contributed by atoms with Crippen LogP contribution >= 0.6 is 11.3 Å². The Morgan fingerprint density at radius 2 is 2.07 bits per heavy atom. The fourth-order valence-electron chi connectivity index (χ4n) is 3.55. The van der Waals surface area contributed by atoms with Crippen LogP contribution < -0.4 is 5.32 Å². The third-order valence-electron chi connectivity index (χ3n) is 5.13. The Hall–Kier alpha value is -2.54. The first-order valence-electron chi connectivity index (χ1n) is 9.38. The molecule has 7 heteroatoms. The van der Waals surface area contributed by atoms with Gasteiger partial charge in [-0.15, -0.1) is 11.3 Å². The van der Waals surface area contributed by atoms with Crippen LogP contribution in [-0.4, -0.2) is 39.0 Å². The average molecular weight is 382 g/mol. The van der Waals surface area contributed by atoms with E-state index >= 15 is 0 Å². The number of urea groups is 1. The molecule has 3 aromatic heterocycles. The normalized spacial score (nSPS) is 15.3. The van der Waals surface area contributed by atoms with Crippen LogP contribution in [0.4, 0.5) is 9.93 Å². The maximum Gasteiger partial charge on any atom is 0.323 e. The van der Waals surface area contributed by atoms with E-state index < -0.39 is 0 Å². The van der Waals surface area contributed by atoms with Crippen molar-refractivity contribution in [2.24, 2.45) is 0 Å². The number of nitrogens with zero attached hydrogens (tertiary/aromatic N) is 4. The second kappa shape index (κ2) is 7.60. The predicted molar refractivity (Wildman–Crippen MR) is 108 cm³/mol. The van der Waals surface area contributed by atoms with Gasteiger partial charge in [0.15, 0.2) is 10.8 Å². The minimum absolute atomic E-state index is 0.0574. The third-order valence-corrected chi connectivity index (χ3v) is 6.06. The van der Waals surface area contributed by atoms with Gasteiger partial charge in [-0.25, -0.2) is 19.7 Å². The van der Waals surface area contributed by atoms with Crippen molar-refractivity contribution in [3.05, 3.63) is 46.7 Å². The highest BCUT2D eigenvalue weighted by Gasteiger charge is 2.25. The van der Waals surface area contributed by atoms with Crippen LogP contribution in [0.25, 0.3) is 11.0 Å². The molecular weight excluding hydrogens is 358 g/mol. The number of amides is 2. The van der Waals surface area contributed by atoms with Gasteiger partial charge >= 0.3 is 6.03 Å². The zero-order valence-electron chi connectivity index (χ0n) is 15.6. The van der Waals surface area contributed by atoms with E-state index in [1.54, 1.807) is 17.5 Å². The van der Waals surface area contributed by atoms with Gasteiger partial charge in [0.2, 0.25) is 0 Å². The summed E-state index contributed by atoms with van der Waals surface area (Å²) in [5.74, 6) is 0.370. The van der Waals surface area contributed by atoms with Crippen molar-refractivity contribution in [3.8, 4) is 0 Å². The highest BCUT2D eigenvalue weighted by molar-refractivity contribution is 7.15. The van der Waals surface area contributed by atoms with Crippen LogP contribution in [0.1, 0.15) is 41.9 Å². The lowest BCUT2D eigenvalue weighted by Gasteiger charge is -2.31.